The number of halogens is 3. The summed E-state index contributed by atoms with van der Waals surface area (Å²) in [5.74, 6) is 0. The van der Waals surface area contributed by atoms with Crippen molar-refractivity contribution < 1.29 is 13.2 Å². The Hall–Kier alpha value is -2.83. The molecule has 0 bridgehead atoms. The van der Waals surface area contributed by atoms with E-state index in [1.54, 1.807) is 24.4 Å². The third-order valence-electron chi connectivity index (χ3n) is 3.90. The average Bonchev–Trinajstić information content (AvgIpc) is 3.08. The van der Waals surface area contributed by atoms with Crippen LogP contribution < -0.4 is 5.69 Å². The van der Waals surface area contributed by atoms with E-state index in [-0.39, 0.29) is 12.2 Å². The molecule has 2 heterocycles. The highest BCUT2D eigenvalue weighted by molar-refractivity contribution is 5.96. The van der Waals surface area contributed by atoms with Crippen LogP contribution in [0.25, 0.3) is 22.2 Å². The van der Waals surface area contributed by atoms with Crippen molar-refractivity contribution in [2.24, 2.45) is 4.99 Å². The van der Waals surface area contributed by atoms with Crippen LogP contribution in [0.15, 0.2) is 40.1 Å². The molecule has 7 heteroatoms. The van der Waals surface area contributed by atoms with Gasteiger partial charge in [0.2, 0.25) is 0 Å². The number of nitrogens with zero attached hydrogens (tertiary/aromatic N) is 1. The molecule has 2 aromatic carbocycles. The fourth-order valence-corrected chi connectivity index (χ4v) is 2.83. The van der Waals surface area contributed by atoms with Gasteiger partial charge >= 0.3 is 11.9 Å². The molecular weight excluding hydrogens is 307 g/mol. The lowest BCUT2D eigenvalue weighted by Gasteiger charge is -2.13. The van der Waals surface area contributed by atoms with Crippen LogP contribution in [0.2, 0.25) is 0 Å². The number of alkyl halides is 3. The highest BCUT2D eigenvalue weighted by Gasteiger charge is 2.32. The molecule has 1 aliphatic heterocycles. The van der Waals surface area contributed by atoms with Gasteiger partial charge in [0, 0.05) is 11.8 Å². The number of aromatic nitrogens is 2. The lowest BCUT2D eigenvalue weighted by molar-refractivity contribution is -0.137. The molecule has 4 nitrogen and oxygen atoms in total. The fourth-order valence-electron chi connectivity index (χ4n) is 2.83. The van der Waals surface area contributed by atoms with Gasteiger partial charge in [0.1, 0.15) is 0 Å². The van der Waals surface area contributed by atoms with Gasteiger partial charge in [0.05, 0.1) is 23.1 Å². The van der Waals surface area contributed by atoms with Gasteiger partial charge in [0.25, 0.3) is 0 Å². The van der Waals surface area contributed by atoms with E-state index in [4.69, 9.17) is 0 Å². The number of nitrogens with one attached hydrogen (secondary N) is 2. The molecule has 116 valence electrons. The summed E-state index contributed by atoms with van der Waals surface area (Å²) in [6.45, 7) is 0.246. The van der Waals surface area contributed by atoms with Gasteiger partial charge in [-0.1, -0.05) is 6.07 Å². The van der Waals surface area contributed by atoms with E-state index in [0.29, 0.717) is 33.3 Å². The Morgan fingerprint density at radius 3 is 2.61 bits per heavy atom. The van der Waals surface area contributed by atoms with E-state index in [1.165, 1.54) is 0 Å². The smallest absolute Gasteiger partial charge is 0.306 e. The van der Waals surface area contributed by atoms with Gasteiger partial charge in [-0.25, -0.2) is 4.79 Å². The standard InChI is InChI=1S/C16H10F3N3O/c17-16(18,19)10-3-9-6-20-7-12(9)11(5-10)8-1-2-13-14(4-8)22-15(23)21-13/h1-5,7H,6H2,(H2,21,22,23). The summed E-state index contributed by atoms with van der Waals surface area (Å²) in [4.78, 5) is 20.6. The van der Waals surface area contributed by atoms with Gasteiger partial charge in [-0.3, -0.25) is 4.99 Å². The van der Waals surface area contributed by atoms with E-state index < -0.39 is 11.7 Å². The Balaban J connectivity index is 1.97. The maximum absolute atomic E-state index is 13.1. The lowest BCUT2D eigenvalue weighted by atomic mass is 9.94. The second kappa shape index (κ2) is 4.58. The van der Waals surface area contributed by atoms with Crippen LogP contribution in [0.3, 0.4) is 0 Å². The van der Waals surface area contributed by atoms with Gasteiger partial charge in [-0.05, 0) is 41.0 Å². The molecular formula is C16H10F3N3O. The number of H-pyrrole nitrogens is 2. The van der Waals surface area contributed by atoms with Gasteiger partial charge < -0.3 is 9.97 Å². The molecule has 0 amide bonds. The first-order chi connectivity index (χ1) is 10.9. The predicted molar refractivity (Wildman–Crippen MR) is 80.7 cm³/mol. The van der Waals surface area contributed by atoms with Crippen LogP contribution in [0.4, 0.5) is 13.2 Å². The van der Waals surface area contributed by atoms with Gasteiger partial charge in [-0.15, -0.1) is 0 Å². The normalized spacial score (nSPS) is 13.7. The highest BCUT2D eigenvalue weighted by atomic mass is 19.4. The Morgan fingerprint density at radius 1 is 1.04 bits per heavy atom. The van der Waals surface area contributed by atoms with E-state index in [1.807, 2.05) is 0 Å². The van der Waals surface area contributed by atoms with Crippen LogP contribution in [-0.2, 0) is 12.7 Å². The predicted octanol–water partition coefficient (Wildman–Crippen LogP) is 3.47. The minimum atomic E-state index is -4.42. The summed E-state index contributed by atoms with van der Waals surface area (Å²) in [7, 11) is 0. The van der Waals surface area contributed by atoms with E-state index in [0.717, 1.165) is 12.1 Å². The molecule has 3 aromatic rings. The lowest BCUT2D eigenvalue weighted by Crippen LogP contribution is -2.07. The number of fused-ring (bicyclic) bond motifs is 2. The number of hydrogen-bond acceptors (Lipinski definition) is 2. The first-order valence-corrected chi connectivity index (χ1v) is 6.88. The second-order valence-corrected chi connectivity index (χ2v) is 5.40. The molecule has 0 aliphatic carbocycles. The molecule has 0 saturated heterocycles. The Labute approximate surface area is 127 Å². The van der Waals surface area contributed by atoms with Crippen LogP contribution in [0, 0.1) is 0 Å². The largest absolute Gasteiger partial charge is 0.416 e. The van der Waals surface area contributed by atoms with Crippen LogP contribution in [-0.4, -0.2) is 16.2 Å². The third-order valence-corrected chi connectivity index (χ3v) is 3.90. The van der Waals surface area contributed by atoms with E-state index in [2.05, 4.69) is 15.0 Å². The molecule has 4 rings (SSSR count). The van der Waals surface area contributed by atoms with Crippen molar-refractivity contribution in [2.75, 3.05) is 0 Å². The van der Waals surface area contributed by atoms with E-state index in [9.17, 15) is 18.0 Å². The molecule has 0 unspecified atom stereocenters. The zero-order valence-electron chi connectivity index (χ0n) is 11.7. The average molecular weight is 317 g/mol. The van der Waals surface area contributed by atoms with Crippen molar-refractivity contribution in [3.63, 3.8) is 0 Å². The number of imidazole rings is 1. The van der Waals surface area contributed by atoms with Crippen LogP contribution in [0.5, 0.6) is 0 Å². The summed E-state index contributed by atoms with van der Waals surface area (Å²) in [6.07, 6.45) is -2.83. The number of benzene rings is 2. The molecule has 1 aromatic heterocycles. The van der Waals surface area contributed by atoms with Crippen molar-refractivity contribution >= 4 is 17.2 Å². The van der Waals surface area contributed by atoms with Gasteiger partial charge in [0.15, 0.2) is 0 Å². The molecule has 2 N–H and O–H groups in total. The quantitative estimate of drug-likeness (QED) is 0.709. The molecule has 0 atom stereocenters. The summed E-state index contributed by atoms with van der Waals surface area (Å²) in [6, 6.07) is 7.29. The maximum atomic E-state index is 13.1. The summed E-state index contributed by atoms with van der Waals surface area (Å²) < 4.78 is 39.3. The number of aliphatic imine (C=N–C) groups is 1. The number of rotatable bonds is 1. The first-order valence-electron chi connectivity index (χ1n) is 6.88. The Morgan fingerprint density at radius 2 is 1.83 bits per heavy atom. The summed E-state index contributed by atoms with van der Waals surface area (Å²) >= 11 is 0. The van der Waals surface area contributed by atoms with Crippen molar-refractivity contribution in [3.8, 4) is 11.1 Å². The maximum Gasteiger partial charge on any atom is 0.416 e. The zero-order chi connectivity index (χ0) is 16.2. The van der Waals surface area contributed by atoms with E-state index >= 15 is 0 Å². The first kappa shape index (κ1) is 13.8. The molecule has 23 heavy (non-hydrogen) atoms. The fraction of sp³-hybridized carbons (Fsp3) is 0.125. The van der Waals surface area contributed by atoms with Crippen molar-refractivity contribution in [1.29, 1.82) is 0 Å². The SMILES string of the molecule is O=c1[nH]c2ccc(-c3cc(C(F)(F)F)cc4c3C=NC4)cc2[nH]1. The van der Waals surface area contributed by atoms with Crippen molar-refractivity contribution in [1.82, 2.24) is 9.97 Å². The molecule has 0 spiro atoms. The molecule has 0 fully saturated rings. The number of hydrogen-bond donors (Lipinski definition) is 2. The Bertz CT molecular complexity index is 1010. The minimum absolute atomic E-state index is 0.246. The van der Waals surface area contributed by atoms with Crippen LogP contribution in [0.1, 0.15) is 16.7 Å². The molecule has 1 aliphatic rings. The molecule has 0 radical (unpaired) electrons. The summed E-state index contributed by atoms with van der Waals surface area (Å²) in [5, 5.41) is 0. The van der Waals surface area contributed by atoms with Crippen LogP contribution >= 0.6 is 0 Å². The highest BCUT2D eigenvalue weighted by Crippen LogP contribution is 2.37. The monoisotopic (exact) mass is 317 g/mol. The summed E-state index contributed by atoms with van der Waals surface area (Å²) in [5.41, 5.74) is 2.41. The van der Waals surface area contributed by atoms with Crippen molar-refractivity contribution in [3.05, 3.63) is 57.5 Å². The van der Waals surface area contributed by atoms with Gasteiger partial charge in [-0.2, -0.15) is 13.2 Å². The Kier molecular flexibility index (Phi) is 2.75. The second-order valence-electron chi connectivity index (χ2n) is 5.40. The third kappa shape index (κ3) is 2.25. The van der Waals surface area contributed by atoms with Crippen molar-refractivity contribution in [2.45, 2.75) is 12.7 Å². The number of aromatic amines is 2. The molecule has 0 saturated carbocycles. The topological polar surface area (TPSA) is 61.0 Å². The zero-order valence-corrected chi connectivity index (χ0v) is 11.7. The minimum Gasteiger partial charge on any atom is -0.306 e.